The highest BCUT2D eigenvalue weighted by Crippen LogP contribution is 2.42. The first-order chi connectivity index (χ1) is 12.7. The molecule has 27 heavy (non-hydrogen) atoms. The lowest BCUT2D eigenvalue weighted by Crippen LogP contribution is -2.16. The van der Waals surface area contributed by atoms with Gasteiger partial charge in [0.15, 0.2) is 0 Å². The maximum absolute atomic E-state index is 6.56. The molecule has 0 saturated carbocycles. The second-order valence-corrected chi connectivity index (χ2v) is 9.55. The van der Waals surface area contributed by atoms with Crippen molar-refractivity contribution in [2.45, 2.75) is 52.4 Å². The predicted octanol–water partition coefficient (Wildman–Crippen LogP) is 7.85. The summed E-state index contributed by atoms with van der Waals surface area (Å²) >= 11 is 0. The molecule has 4 aromatic rings. The summed E-state index contributed by atoms with van der Waals surface area (Å²) in [4.78, 5) is 0. The van der Waals surface area contributed by atoms with Crippen LogP contribution in [0.4, 0.5) is 0 Å². The molecule has 1 heteroatoms. The molecule has 1 heterocycles. The molecule has 0 unspecified atom stereocenters. The number of para-hydroxylation sites is 1. The Bertz CT molecular complexity index is 1120. The SMILES string of the molecule is CC(C)(C)c1cc(C(C)(C)C)c2oc3c(-c4ccccc4)cccc3c2c1. The van der Waals surface area contributed by atoms with Crippen LogP contribution < -0.4 is 0 Å². The van der Waals surface area contributed by atoms with Crippen molar-refractivity contribution in [1.29, 1.82) is 0 Å². The van der Waals surface area contributed by atoms with Gasteiger partial charge in [-0.1, -0.05) is 96.1 Å². The van der Waals surface area contributed by atoms with Crippen LogP contribution in [-0.4, -0.2) is 0 Å². The zero-order valence-electron chi connectivity index (χ0n) is 17.2. The van der Waals surface area contributed by atoms with E-state index >= 15 is 0 Å². The van der Waals surface area contributed by atoms with Gasteiger partial charge in [0, 0.05) is 21.9 Å². The number of hydrogen-bond donors (Lipinski definition) is 0. The third-order valence-electron chi connectivity index (χ3n) is 5.36. The second kappa shape index (κ2) is 5.99. The highest BCUT2D eigenvalue weighted by Gasteiger charge is 2.25. The number of hydrogen-bond acceptors (Lipinski definition) is 1. The Labute approximate surface area is 162 Å². The molecule has 0 saturated heterocycles. The average Bonchev–Trinajstić information content (AvgIpc) is 2.98. The summed E-state index contributed by atoms with van der Waals surface area (Å²) in [6.45, 7) is 13.6. The van der Waals surface area contributed by atoms with Gasteiger partial charge in [0.25, 0.3) is 0 Å². The standard InChI is InChI=1S/C26H28O/c1-25(2,3)18-15-21-20-14-10-13-19(17-11-8-7-9-12-17)23(20)27-24(21)22(16-18)26(4,5)6/h7-16H,1-6H3. The van der Waals surface area contributed by atoms with E-state index in [1.807, 2.05) is 0 Å². The van der Waals surface area contributed by atoms with Crippen LogP contribution in [-0.2, 0) is 10.8 Å². The molecule has 0 aliphatic heterocycles. The molecule has 0 aliphatic rings. The fraction of sp³-hybridized carbons (Fsp3) is 0.308. The van der Waals surface area contributed by atoms with Gasteiger partial charge in [-0.2, -0.15) is 0 Å². The molecule has 4 rings (SSSR count). The van der Waals surface area contributed by atoms with Crippen molar-refractivity contribution >= 4 is 21.9 Å². The van der Waals surface area contributed by atoms with E-state index in [1.54, 1.807) is 0 Å². The smallest absolute Gasteiger partial charge is 0.143 e. The molecule has 138 valence electrons. The van der Waals surface area contributed by atoms with E-state index < -0.39 is 0 Å². The minimum Gasteiger partial charge on any atom is -0.455 e. The fourth-order valence-corrected chi connectivity index (χ4v) is 3.74. The Hall–Kier alpha value is -2.54. The first-order valence-electron chi connectivity index (χ1n) is 9.72. The van der Waals surface area contributed by atoms with Crippen LogP contribution in [0, 0.1) is 0 Å². The van der Waals surface area contributed by atoms with E-state index in [0.29, 0.717) is 0 Å². The monoisotopic (exact) mass is 356 g/mol. The maximum Gasteiger partial charge on any atom is 0.143 e. The average molecular weight is 357 g/mol. The summed E-state index contributed by atoms with van der Waals surface area (Å²) in [5.74, 6) is 0. The number of benzene rings is 3. The first-order valence-corrected chi connectivity index (χ1v) is 9.72. The molecule has 1 nitrogen and oxygen atoms in total. The molecule has 1 aromatic heterocycles. The Kier molecular flexibility index (Phi) is 3.96. The van der Waals surface area contributed by atoms with Crippen LogP contribution in [0.15, 0.2) is 65.1 Å². The Morgan fingerprint density at radius 1 is 0.630 bits per heavy atom. The lowest BCUT2D eigenvalue weighted by Gasteiger charge is -2.25. The van der Waals surface area contributed by atoms with Gasteiger partial charge in [-0.05, 0) is 28.0 Å². The third-order valence-corrected chi connectivity index (χ3v) is 5.36. The second-order valence-electron chi connectivity index (χ2n) is 9.55. The lowest BCUT2D eigenvalue weighted by atomic mass is 9.79. The number of rotatable bonds is 1. The molecule has 0 radical (unpaired) electrons. The fourth-order valence-electron chi connectivity index (χ4n) is 3.74. The van der Waals surface area contributed by atoms with Gasteiger partial charge in [-0.25, -0.2) is 0 Å². The van der Waals surface area contributed by atoms with Crippen molar-refractivity contribution in [3.63, 3.8) is 0 Å². The number of fused-ring (bicyclic) bond motifs is 3. The van der Waals surface area contributed by atoms with E-state index in [1.165, 1.54) is 27.5 Å². The summed E-state index contributed by atoms with van der Waals surface area (Å²) in [6.07, 6.45) is 0. The van der Waals surface area contributed by atoms with E-state index in [-0.39, 0.29) is 10.8 Å². The zero-order valence-corrected chi connectivity index (χ0v) is 17.2. The predicted molar refractivity (Wildman–Crippen MR) is 117 cm³/mol. The van der Waals surface area contributed by atoms with Gasteiger partial charge in [-0.3, -0.25) is 0 Å². The van der Waals surface area contributed by atoms with Crippen molar-refractivity contribution in [3.05, 3.63) is 71.8 Å². The molecular weight excluding hydrogens is 328 g/mol. The van der Waals surface area contributed by atoms with Crippen LogP contribution in [0.3, 0.4) is 0 Å². The van der Waals surface area contributed by atoms with Crippen molar-refractivity contribution < 1.29 is 4.42 Å². The maximum atomic E-state index is 6.56. The zero-order chi connectivity index (χ0) is 19.4. The topological polar surface area (TPSA) is 13.1 Å². The molecule has 0 amide bonds. The highest BCUT2D eigenvalue weighted by atomic mass is 16.3. The Morgan fingerprint density at radius 2 is 1.33 bits per heavy atom. The largest absolute Gasteiger partial charge is 0.455 e. The highest BCUT2D eigenvalue weighted by molar-refractivity contribution is 6.10. The van der Waals surface area contributed by atoms with Gasteiger partial charge in [-0.15, -0.1) is 0 Å². The number of furan rings is 1. The summed E-state index contributed by atoms with van der Waals surface area (Å²) < 4.78 is 6.56. The van der Waals surface area contributed by atoms with Gasteiger partial charge < -0.3 is 4.42 Å². The summed E-state index contributed by atoms with van der Waals surface area (Å²) in [6, 6.07) is 21.6. The molecule has 0 spiro atoms. The molecule has 0 fully saturated rings. The van der Waals surface area contributed by atoms with Crippen LogP contribution in [0.25, 0.3) is 33.1 Å². The van der Waals surface area contributed by atoms with Crippen LogP contribution >= 0.6 is 0 Å². The summed E-state index contributed by atoms with van der Waals surface area (Å²) in [7, 11) is 0. The van der Waals surface area contributed by atoms with Crippen LogP contribution in [0.2, 0.25) is 0 Å². The Balaban J connectivity index is 2.13. The molecule has 3 aromatic carbocycles. The van der Waals surface area contributed by atoms with Gasteiger partial charge in [0.2, 0.25) is 0 Å². The quantitative estimate of drug-likeness (QED) is 0.338. The van der Waals surface area contributed by atoms with E-state index in [4.69, 9.17) is 4.42 Å². The van der Waals surface area contributed by atoms with Crippen LogP contribution in [0.5, 0.6) is 0 Å². The molecule has 0 N–H and O–H groups in total. The van der Waals surface area contributed by atoms with Gasteiger partial charge in [0.1, 0.15) is 11.2 Å². The normalized spacial score (nSPS) is 12.8. The summed E-state index contributed by atoms with van der Waals surface area (Å²) in [5, 5.41) is 2.42. The molecule has 0 aliphatic carbocycles. The van der Waals surface area contributed by atoms with E-state index in [0.717, 1.165) is 16.7 Å². The van der Waals surface area contributed by atoms with E-state index in [9.17, 15) is 0 Å². The molecule has 0 atom stereocenters. The van der Waals surface area contributed by atoms with Crippen molar-refractivity contribution in [3.8, 4) is 11.1 Å². The van der Waals surface area contributed by atoms with Crippen molar-refractivity contribution in [2.75, 3.05) is 0 Å². The molecular formula is C26H28O. The van der Waals surface area contributed by atoms with Crippen molar-refractivity contribution in [1.82, 2.24) is 0 Å². The van der Waals surface area contributed by atoms with Crippen molar-refractivity contribution in [2.24, 2.45) is 0 Å². The first kappa shape index (κ1) is 17.9. The Morgan fingerprint density at radius 3 is 1.96 bits per heavy atom. The van der Waals surface area contributed by atoms with Crippen LogP contribution in [0.1, 0.15) is 52.7 Å². The minimum absolute atomic E-state index is 0.0142. The van der Waals surface area contributed by atoms with Gasteiger partial charge in [0.05, 0.1) is 0 Å². The minimum atomic E-state index is 0.0142. The van der Waals surface area contributed by atoms with E-state index in [2.05, 4.69) is 102 Å². The lowest BCUT2D eigenvalue weighted by molar-refractivity contribution is 0.559. The molecule has 0 bridgehead atoms. The third kappa shape index (κ3) is 3.06. The summed E-state index contributed by atoms with van der Waals surface area (Å²) in [5.41, 5.74) is 7.09. The van der Waals surface area contributed by atoms with Gasteiger partial charge >= 0.3 is 0 Å².